The van der Waals surface area contributed by atoms with Crippen molar-refractivity contribution in [3.63, 3.8) is 0 Å². The lowest BCUT2D eigenvalue weighted by atomic mass is 10.3. The number of carbonyl (C=O) groups excluding carboxylic acids is 1. The minimum atomic E-state index is -0.233. The highest BCUT2D eigenvalue weighted by atomic mass is 16.5. The van der Waals surface area contributed by atoms with E-state index in [1.54, 1.807) is 13.0 Å². The van der Waals surface area contributed by atoms with E-state index in [1.807, 2.05) is 19.1 Å². The van der Waals surface area contributed by atoms with Gasteiger partial charge in [0.15, 0.2) is 0 Å². The monoisotopic (exact) mass is 182 g/mol. The maximum absolute atomic E-state index is 11.1. The molecule has 0 aliphatic rings. The molecule has 0 saturated carbocycles. The summed E-state index contributed by atoms with van der Waals surface area (Å²) in [4.78, 5) is 11.1. The molecule has 0 fully saturated rings. The van der Waals surface area contributed by atoms with Crippen molar-refractivity contribution in [3.05, 3.63) is 23.8 Å². The van der Waals surface area contributed by atoms with E-state index in [0.717, 1.165) is 12.8 Å². The summed E-state index contributed by atoms with van der Waals surface area (Å²) in [5.74, 6) is -0.233. The van der Waals surface area contributed by atoms with Crippen molar-refractivity contribution >= 4 is 5.97 Å². The average molecular weight is 182 g/mol. The summed E-state index contributed by atoms with van der Waals surface area (Å²) >= 11 is 0. The Labute approximate surface area is 80.3 Å². The van der Waals surface area contributed by atoms with Crippen LogP contribution in [-0.2, 0) is 9.53 Å². The van der Waals surface area contributed by atoms with Crippen LogP contribution < -0.4 is 0 Å². The van der Waals surface area contributed by atoms with Gasteiger partial charge in [-0.1, -0.05) is 31.6 Å². The molecule has 0 aromatic carbocycles. The first-order valence-electron chi connectivity index (χ1n) is 4.67. The summed E-state index contributed by atoms with van der Waals surface area (Å²) in [5, 5.41) is 0. The van der Waals surface area contributed by atoms with E-state index in [4.69, 9.17) is 4.74 Å². The molecule has 0 aliphatic carbocycles. The molecule has 0 aromatic rings. The maximum atomic E-state index is 11.1. The SMILES string of the molecule is C/C=C(\C)C(=O)OCC=CCCC. The lowest BCUT2D eigenvalue weighted by Gasteiger charge is -2.00. The second-order valence-electron chi connectivity index (χ2n) is 2.83. The van der Waals surface area contributed by atoms with Crippen LogP contribution in [0.1, 0.15) is 33.6 Å². The highest BCUT2D eigenvalue weighted by Gasteiger charge is 2.01. The van der Waals surface area contributed by atoms with E-state index in [-0.39, 0.29) is 5.97 Å². The van der Waals surface area contributed by atoms with E-state index >= 15 is 0 Å². The van der Waals surface area contributed by atoms with Crippen molar-refractivity contribution in [2.45, 2.75) is 33.6 Å². The fraction of sp³-hybridized carbons (Fsp3) is 0.545. The highest BCUT2D eigenvalue weighted by Crippen LogP contribution is 1.96. The standard InChI is InChI=1S/C11H18O2/c1-4-6-7-8-9-13-11(12)10(3)5-2/h5,7-8H,4,6,9H2,1-3H3/b8-7?,10-5+. The summed E-state index contributed by atoms with van der Waals surface area (Å²) in [5.41, 5.74) is 0.656. The second kappa shape index (κ2) is 7.59. The van der Waals surface area contributed by atoms with Crippen molar-refractivity contribution in [1.82, 2.24) is 0 Å². The molecule has 2 heteroatoms. The molecule has 0 atom stereocenters. The van der Waals surface area contributed by atoms with Gasteiger partial charge in [-0.25, -0.2) is 4.79 Å². The van der Waals surface area contributed by atoms with Gasteiger partial charge in [-0.2, -0.15) is 0 Å². The lowest BCUT2D eigenvalue weighted by molar-refractivity contribution is -0.137. The Morgan fingerprint density at radius 3 is 2.62 bits per heavy atom. The van der Waals surface area contributed by atoms with Crippen LogP contribution in [0.15, 0.2) is 23.8 Å². The zero-order valence-electron chi connectivity index (χ0n) is 8.67. The number of allylic oxidation sites excluding steroid dienone is 2. The molecule has 0 N–H and O–H groups in total. The molecule has 0 amide bonds. The Bertz CT molecular complexity index is 202. The van der Waals surface area contributed by atoms with Gasteiger partial charge in [0.05, 0.1) is 0 Å². The van der Waals surface area contributed by atoms with Gasteiger partial charge in [0, 0.05) is 5.57 Å². The number of esters is 1. The summed E-state index contributed by atoms with van der Waals surface area (Å²) < 4.78 is 4.95. The van der Waals surface area contributed by atoms with Crippen LogP contribution in [0.4, 0.5) is 0 Å². The Kier molecular flexibility index (Phi) is 6.98. The first kappa shape index (κ1) is 11.9. The van der Waals surface area contributed by atoms with Gasteiger partial charge in [-0.05, 0) is 20.3 Å². The normalized spacial score (nSPS) is 12.1. The van der Waals surface area contributed by atoms with Crippen molar-refractivity contribution in [3.8, 4) is 0 Å². The molecule has 0 heterocycles. The Hall–Kier alpha value is -1.05. The van der Waals surface area contributed by atoms with Crippen LogP contribution in [0.5, 0.6) is 0 Å². The first-order valence-corrected chi connectivity index (χ1v) is 4.67. The van der Waals surface area contributed by atoms with Gasteiger partial charge in [0.1, 0.15) is 6.61 Å². The molecular formula is C11H18O2. The average Bonchev–Trinajstić information content (AvgIpc) is 2.16. The van der Waals surface area contributed by atoms with Crippen LogP contribution in [0, 0.1) is 0 Å². The minimum absolute atomic E-state index is 0.233. The molecule has 0 spiro atoms. The molecule has 2 nitrogen and oxygen atoms in total. The third-order valence-corrected chi connectivity index (χ3v) is 1.69. The fourth-order valence-corrected chi connectivity index (χ4v) is 0.708. The Morgan fingerprint density at radius 2 is 2.08 bits per heavy atom. The zero-order chi connectivity index (χ0) is 10.1. The maximum Gasteiger partial charge on any atom is 0.333 e. The molecule has 0 bridgehead atoms. The Morgan fingerprint density at radius 1 is 1.38 bits per heavy atom. The molecule has 74 valence electrons. The molecule has 0 radical (unpaired) electrons. The fourth-order valence-electron chi connectivity index (χ4n) is 0.708. The number of unbranched alkanes of at least 4 members (excludes halogenated alkanes) is 1. The predicted octanol–water partition coefficient (Wildman–Crippen LogP) is 2.85. The van der Waals surface area contributed by atoms with Crippen molar-refractivity contribution in [2.75, 3.05) is 6.61 Å². The van der Waals surface area contributed by atoms with Gasteiger partial charge in [-0.15, -0.1) is 0 Å². The molecule has 0 aliphatic heterocycles. The van der Waals surface area contributed by atoms with Gasteiger partial charge in [0.25, 0.3) is 0 Å². The smallest absolute Gasteiger partial charge is 0.333 e. The molecule has 13 heavy (non-hydrogen) atoms. The van der Waals surface area contributed by atoms with Crippen molar-refractivity contribution in [2.24, 2.45) is 0 Å². The number of ether oxygens (including phenoxy) is 1. The van der Waals surface area contributed by atoms with E-state index < -0.39 is 0 Å². The summed E-state index contributed by atoms with van der Waals surface area (Å²) in [6.07, 6.45) is 7.82. The van der Waals surface area contributed by atoms with Crippen LogP contribution in [-0.4, -0.2) is 12.6 Å². The van der Waals surface area contributed by atoms with Crippen LogP contribution >= 0.6 is 0 Å². The van der Waals surface area contributed by atoms with Crippen molar-refractivity contribution < 1.29 is 9.53 Å². The Balaban J connectivity index is 3.59. The number of rotatable bonds is 5. The van der Waals surface area contributed by atoms with Crippen LogP contribution in [0.3, 0.4) is 0 Å². The lowest BCUT2D eigenvalue weighted by Crippen LogP contribution is -2.05. The largest absolute Gasteiger partial charge is 0.458 e. The third-order valence-electron chi connectivity index (χ3n) is 1.69. The van der Waals surface area contributed by atoms with E-state index in [9.17, 15) is 4.79 Å². The van der Waals surface area contributed by atoms with E-state index in [0.29, 0.717) is 12.2 Å². The predicted molar refractivity (Wildman–Crippen MR) is 54.4 cm³/mol. The summed E-state index contributed by atoms with van der Waals surface area (Å²) in [6.45, 7) is 6.06. The third kappa shape index (κ3) is 6.14. The minimum Gasteiger partial charge on any atom is -0.458 e. The molecule has 0 rings (SSSR count). The number of hydrogen-bond acceptors (Lipinski definition) is 2. The summed E-state index contributed by atoms with van der Waals surface area (Å²) in [7, 11) is 0. The highest BCUT2D eigenvalue weighted by molar-refractivity contribution is 5.87. The molecule has 0 unspecified atom stereocenters. The van der Waals surface area contributed by atoms with Gasteiger partial charge >= 0.3 is 5.97 Å². The van der Waals surface area contributed by atoms with E-state index in [2.05, 4.69) is 6.92 Å². The van der Waals surface area contributed by atoms with Gasteiger partial charge in [0.2, 0.25) is 0 Å². The number of hydrogen-bond donors (Lipinski definition) is 0. The van der Waals surface area contributed by atoms with E-state index in [1.165, 1.54) is 0 Å². The first-order chi connectivity index (χ1) is 6.22. The molecule has 0 aromatic heterocycles. The molecular weight excluding hydrogens is 164 g/mol. The topological polar surface area (TPSA) is 26.3 Å². The van der Waals surface area contributed by atoms with Gasteiger partial charge in [-0.3, -0.25) is 0 Å². The van der Waals surface area contributed by atoms with Crippen LogP contribution in [0.25, 0.3) is 0 Å². The zero-order valence-corrected chi connectivity index (χ0v) is 8.67. The van der Waals surface area contributed by atoms with Crippen LogP contribution in [0.2, 0.25) is 0 Å². The quantitative estimate of drug-likeness (QED) is 0.371. The van der Waals surface area contributed by atoms with Gasteiger partial charge < -0.3 is 4.74 Å². The molecule has 0 saturated heterocycles. The summed E-state index contributed by atoms with van der Waals surface area (Å²) in [6, 6.07) is 0. The van der Waals surface area contributed by atoms with Crippen molar-refractivity contribution in [1.29, 1.82) is 0 Å². The second-order valence-corrected chi connectivity index (χ2v) is 2.83. The number of carbonyl (C=O) groups is 1.